The summed E-state index contributed by atoms with van der Waals surface area (Å²) in [6.07, 6.45) is 3.21. The Morgan fingerprint density at radius 3 is 2.82 bits per heavy atom. The van der Waals surface area contributed by atoms with Gasteiger partial charge in [0.15, 0.2) is 5.82 Å². The van der Waals surface area contributed by atoms with Crippen LogP contribution in [0.25, 0.3) is 5.65 Å². The Labute approximate surface area is 111 Å². The summed E-state index contributed by atoms with van der Waals surface area (Å²) in [7, 11) is 0. The van der Waals surface area contributed by atoms with Gasteiger partial charge in [-0.15, -0.1) is 0 Å². The number of nitrogens with zero attached hydrogens (tertiary/aromatic N) is 3. The van der Waals surface area contributed by atoms with E-state index in [9.17, 15) is 0 Å². The van der Waals surface area contributed by atoms with Gasteiger partial charge in [-0.05, 0) is 25.5 Å². The predicted octanol–water partition coefficient (Wildman–Crippen LogP) is 3.47. The first-order valence-corrected chi connectivity index (χ1v) is 7.20. The normalized spacial score (nSPS) is 11.0. The van der Waals surface area contributed by atoms with Crippen LogP contribution >= 0.6 is 15.9 Å². The van der Waals surface area contributed by atoms with Gasteiger partial charge < -0.3 is 9.30 Å². The number of hydrogen-bond acceptors (Lipinski definition) is 2. The van der Waals surface area contributed by atoms with E-state index in [0.29, 0.717) is 0 Å². The molecule has 0 fully saturated rings. The third-order valence-electron chi connectivity index (χ3n) is 2.91. The quantitative estimate of drug-likeness (QED) is 0.788. The number of anilines is 1. The molecular formula is C13H18BrN3. The Bertz CT molecular complexity index is 492. The van der Waals surface area contributed by atoms with Crippen molar-refractivity contribution in [3.8, 4) is 0 Å². The maximum atomic E-state index is 4.73. The van der Waals surface area contributed by atoms with Crippen LogP contribution in [0.1, 0.15) is 26.0 Å². The third kappa shape index (κ3) is 2.32. The zero-order chi connectivity index (χ0) is 12.3. The van der Waals surface area contributed by atoms with Crippen LogP contribution in [0.2, 0.25) is 0 Å². The minimum Gasteiger partial charge on any atom is -0.355 e. The standard InChI is InChI=1S/C13H18BrN3/c1-3-8-16(4-2)13-11(10-14)17-9-6-5-7-12(17)15-13/h5-7,9H,3-4,8,10H2,1-2H3. The van der Waals surface area contributed by atoms with Gasteiger partial charge in [0.2, 0.25) is 0 Å². The molecule has 0 amide bonds. The molecule has 0 bridgehead atoms. The number of imidazole rings is 1. The number of hydrogen-bond donors (Lipinski definition) is 0. The van der Waals surface area contributed by atoms with Crippen molar-refractivity contribution in [2.75, 3.05) is 18.0 Å². The summed E-state index contributed by atoms with van der Waals surface area (Å²) in [5.74, 6) is 1.11. The van der Waals surface area contributed by atoms with E-state index in [1.807, 2.05) is 12.1 Å². The van der Waals surface area contributed by atoms with Gasteiger partial charge in [0.25, 0.3) is 0 Å². The van der Waals surface area contributed by atoms with E-state index in [4.69, 9.17) is 4.98 Å². The molecule has 0 unspecified atom stereocenters. The molecule has 0 atom stereocenters. The summed E-state index contributed by atoms with van der Waals surface area (Å²) < 4.78 is 2.16. The summed E-state index contributed by atoms with van der Waals surface area (Å²) in [5.41, 5.74) is 2.25. The lowest BCUT2D eigenvalue weighted by molar-refractivity contribution is 0.778. The van der Waals surface area contributed by atoms with Gasteiger partial charge in [0.1, 0.15) is 5.65 Å². The molecule has 0 aliphatic carbocycles. The molecular weight excluding hydrogens is 278 g/mol. The largest absolute Gasteiger partial charge is 0.355 e. The third-order valence-corrected chi connectivity index (χ3v) is 3.44. The summed E-state index contributed by atoms with van der Waals surface area (Å²) in [5, 5.41) is 0.827. The van der Waals surface area contributed by atoms with Gasteiger partial charge in [-0.1, -0.05) is 28.9 Å². The fourth-order valence-electron chi connectivity index (χ4n) is 2.10. The molecule has 2 rings (SSSR count). The smallest absolute Gasteiger partial charge is 0.152 e. The number of halogens is 1. The van der Waals surface area contributed by atoms with Gasteiger partial charge in [0, 0.05) is 24.6 Å². The molecule has 0 aliphatic rings. The molecule has 3 nitrogen and oxygen atoms in total. The molecule has 0 saturated heterocycles. The van der Waals surface area contributed by atoms with E-state index in [0.717, 1.165) is 36.3 Å². The number of aromatic nitrogens is 2. The Kier molecular flexibility index (Phi) is 4.05. The lowest BCUT2D eigenvalue weighted by Crippen LogP contribution is -2.24. The van der Waals surface area contributed by atoms with E-state index >= 15 is 0 Å². The van der Waals surface area contributed by atoms with E-state index < -0.39 is 0 Å². The van der Waals surface area contributed by atoms with Gasteiger partial charge in [-0.25, -0.2) is 4.98 Å². The van der Waals surface area contributed by atoms with Crippen LogP contribution in [0.15, 0.2) is 24.4 Å². The van der Waals surface area contributed by atoms with Crippen molar-refractivity contribution in [1.82, 2.24) is 9.38 Å². The van der Waals surface area contributed by atoms with Gasteiger partial charge >= 0.3 is 0 Å². The second-order valence-corrected chi connectivity index (χ2v) is 4.58. The van der Waals surface area contributed by atoms with E-state index in [2.05, 4.69) is 51.3 Å². The second kappa shape index (κ2) is 5.54. The van der Waals surface area contributed by atoms with Gasteiger partial charge in [0.05, 0.1) is 5.69 Å². The number of pyridine rings is 1. The van der Waals surface area contributed by atoms with Crippen molar-refractivity contribution in [3.05, 3.63) is 30.1 Å². The Hall–Kier alpha value is -1.03. The number of alkyl halides is 1. The zero-order valence-electron chi connectivity index (χ0n) is 10.4. The monoisotopic (exact) mass is 295 g/mol. The molecule has 17 heavy (non-hydrogen) atoms. The second-order valence-electron chi connectivity index (χ2n) is 4.02. The van der Waals surface area contributed by atoms with E-state index in [-0.39, 0.29) is 0 Å². The van der Waals surface area contributed by atoms with Crippen LogP contribution in [0.5, 0.6) is 0 Å². The van der Waals surface area contributed by atoms with Crippen molar-refractivity contribution in [1.29, 1.82) is 0 Å². The van der Waals surface area contributed by atoms with Crippen LogP contribution < -0.4 is 4.90 Å². The topological polar surface area (TPSA) is 20.5 Å². The predicted molar refractivity (Wildman–Crippen MR) is 76.0 cm³/mol. The first-order valence-electron chi connectivity index (χ1n) is 6.08. The summed E-state index contributed by atoms with van der Waals surface area (Å²) in [6, 6.07) is 6.12. The fraction of sp³-hybridized carbons (Fsp3) is 0.462. The number of rotatable bonds is 5. The first kappa shape index (κ1) is 12.4. The molecule has 0 spiro atoms. The molecule has 0 aromatic carbocycles. The zero-order valence-corrected chi connectivity index (χ0v) is 11.9. The highest BCUT2D eigenvalue weighted by atomic mass is 79.9. The molecule has 0 radical (unpaired) electrons. The fourth-order valence-corrected chi connectivity index (χ4v) is 2.62. The Balaban J connectivity index is 2.51. The average Bonchev–Trinajstić information content (AvgIpc) is 2.74. The highest BCUT2D eigenvalue weighted by Gasteiger charge is 2.15. The Morgan fingerprint density at radius 1 is 1.35 bits per heavy atom. The highest BCUT2D eigenvalue weighted by Crippen LogP contribution is 2.23. The lowest BCUT2D eigenvalue weighted by atomic mass is 10.3. The molecule has 92 valence electrons. The van der Waals surface area contributed by atoms with Crippen LogP contribution in [0.3, 0.4) is 0 Å². The van der Waals surface area contributed by atoms with Crippen LogP contribution in [-0.4, -0.2) is 22.5 Å². The molecule has 0 aliphatic heterocycles. The summed E-state index contributed by atoms with van der Waals surface area (Å²) in [4.78, 5) is 7.07. The molecule has 0 N–H and O–H groups in total. The molecule has 2 aromatic heterocycles. The minimum atomic E-state index is 0.827. The minimum absolute atomic E-state index is 0.827. The van der Waals surface area contributed by atoms with Crippen molar-refractivity contribution >= 4 is 27.4 Å². The molecule has 4 heteroatoms. The van der Waals surface area contributed by atoms with Crippen LogP contribution in [0.4, 0.5) is 5.82 Å². The van der Waals surface area contributed by atoms with Gasteiger partial charge in [-0.3, -0.25) is 0 Å². The highest BCUT2D eigenvalue weighted by molar-refractivity contribution is 9.08. The number of fused-ring (bicyclic) bond motifs is 1. The molecule has 2 aromatic rings. The SMILES string of the molecule is CCCN(CC)c1nc2ccccn2c1CBr. The average molecular weight is 296 g/mol. The lowest BCUT2D eigenvalue weighted by Gasteiger charge is -2.20. The van der Waals surface area contributed by atoms with E-state index in [1.54, 1.807) is 0 Å². The molecule has 2 heterocycles. The van der Waals surface area contributed by atoms with Crippen molar-refractivity contribution < 1.29 is 0 Å². The molecule has 0 saturated carbocycles. The summed E-state index contributed by atoms with van der Waals surface area (Å²) >= 11 is 3.57. The Morgan fingerprint density at radius 2 is 2.18 bits per heavy atom. The van der Waals surface area contributed by atoms with Gasteiger partial charge in [-0.2, -0.15) is 0 Å². The summed E-state index contributed by atoms with van der Waals surface area (Å²) in [6.45, 7) is 6.43. The van der Waals surface area contributed by atoms with E-state index in [1.165, 1.54) is 5.69 Å². The van der Waals surface area contributed by atoms with Crippen molar-refractivity contribution in [2.45, 2.75) is 25.6 Å². The van der Waals surface area contributed by atoms with Crippen molar-refractivity contribution in [2.24, 2.45) is 0 Å². The van der Waals surface area contributed by atoms with Crippen LogP contribution in [-0.2, 0) is 5.33 Å². The van der Waals surface area contributed by atoms with Crippen LogP contribution in [0, 0.1) is 0 Å². The first-order chi connectivity index (χ1) is 8.31. The van der Waals surface area contributed by atoms with Crippen molar-refractivity contribution in [3.63, 3.8) is 0 Å². The maximum absolute atomic E-state index is 4.73. The maximum Gasteiger partial charge on any atom is 0.152 e.